The predicted octanol–water partition coefficient (Wildman–Crippen LogP) is 13.0. The Balaban J connectivity index is 3.55. The Hall–Kier alpha value is -1.17. The summed E-state index contributed by atoms with van der Waals surface area (Å²) in [5.74, 6) is -0.511. The molecule has 3 atom stereocenters. The van der Waals surface area contributed by atoms with Crippen LogP contribution in [0.4, 0.5) is 0 Å². The highest BCUT2D eigenvalue weighted by Gasteiger charge is 2.22. The normalized spacial score (nSPS) is 13.7. The largest absolute Gasteiger partial charge is 0.394 e. The van der Waals surface area contributed by atoms with Gasteiger partial charge in [-0.3, -0.25) is 4.79 Å². The minimum absolute atomic E-state index is 0.374. The second kappa shape index (κ2) is 41.6. The van der Waals surface area contributed by atoms with E-state index in [2.05, 4.69) is 31.3 Å². The van der Waals surface area contributed by atoms with E-state index < -0.39 is 24.2 Å². The first-order chi connectivity index (χ1) is 25.1. The Kier molecular flexibility index (Phi) is 40.6. The fourth-order valence-corrected chi connectivity index (χ4v) is 6.97. The second-order valence-corrected chi connectivity index (χ2v) is 15.6. The molecule has 0 radical (unpaired) electrons. The average Bonchev–Trinajstić information content (AvgIpc) is 3.13. The Morgan fingerprint density at radius 1 is 0.471 bits per heavy atom. The lowest BCUT2D eigenvalue weighted by atomic mass is 10.0. The molecule has 0 aromatic heterocycles. The molecule has 0 heterocycles. The number of nitrogens with one attached hydrogen (secondary N) is 1. The zero-order valence-electron chi connectivity index (χ0n) is 34.2. The predicted molar refractivity (Wildman–Crippen MR) is 222 cm³/mol. The number of hydrogen-bond acceptors (Lipinski definition) is 4. The van der Waals surface area contributed by atoms with Crippen molar-refractivity contribution < 1.29 is 20.1 Å². The van der Waals surface area contributed by atoms with Gasteiger partial charge in [0.25, 0.3) is 0 Å². The first kappa shape index (κ1) is 49.8. The van der Waals surface area contributed by atoms with Crippen LogP contribution in [0.5, 0.6) is 0 Å². The molecule has 0 rings (SSSR count). The van der Waals surface area contributed by atoms with Gasteiger partial charge < -0.3 is 20.6 Å². The van der Waals surface area contributed by atoms with Gasteiger partial charge in [0.05, 0.1) is 18.8 Å². The molecule has 0 aliphatic heterocycles. The Bertz CT molecular complexity index is 754. The second-order valence-electron chi connectivity index (χ2n) is 15.6. The Labute approximate surface area is 318 Å². The molecule has 302 valence electrons. The molecule has 0 aliphatic rings. The molecule has 3 unspecified atom stereocenters. The quantitative estimate of drug-likeness (QED) is 0.0374. The number of rotatable bonds is 41. The van der Waals surface area contributed by atoms with Crippen LogP contribution in [0.3, 0.4) is 0 Å². The molecular formula is C46H89NO4. The molecule has 4 N–H and O–H groups in total. The van der Waals surface area contributed by atoms with Crippen molar-refractivity contribution >= 4 is 5.91 Å². The standard InChI is InChI=1S/C46H89NO4/c1-3-5-7-9-11-13-15-16-17-18-19-20-21-22-23-24-25-26-27-28-29-31-33-35-37-39-41-45(50)46(51)47-43(42-48)44(49)40-38-36-34-32-30-14-12-10-8-6-4-2/h30,32,38,40,43-45,48-50H,3-29,31,33-37,39,41-42H2,1-2H3,(H,47,51)/b32-30+,40-38+. The van der Waals surface area contributed by atoms with Gasteiger partial charge in [0.15, 0.2) is 0 Å². The van der Waals surface area contributed by atoms with E-state index in [0.29, 0.717) is 6.42 Å². The highest BCUT2D eigenvalue weighted by molar-refractivity contribution is 5.80. The van der Waals surface area contributed by atoms with E-state index in [0.717, 1.165) is 38.5 Å². The maximum Gasteiger partial charge on any atom is 0.249 e. The molecule has 51 heavy (non-hydrogen) atoms. The van der Waals surface area contributed by atoms with Gasteiger partial charge in [-0.05, 0) is 32.1 Å². The summed E-state index contributed by atoms with van der Waals surface area (Å²) in [6, 6.07) is -0.809. The monoisotopic (exact) mass is 720 g/mol. The molecule has 1 amide bonds. The first-order valence-corrected chi connectivity index (χ1v) is 22.7. The summed E-state index contributed by atoms with van der Waals surface area (Å²) in [4.78, 5) is 12.4. The van der Waals surface area contributed by atoms with Gasteiger partial charge in [-0.2, -0.15) is 0 Å². The zero-order valence-corrected chi connectivity index (χ0v) is 34.2. The summed E-state index contributed by atoms with van der Waals surface area (Å²) in [6.45, 7) is 4.15. The fraction of sp³-hybridized carbons (Fsp3) is 0.891. The van der Waals surface area contributed by atoms with E-state index in [-0.39, 0.29) is 6.61 Å². The first-order valence-electron chi connectivity index (χ1n) is 22.7. The number of unbranched alkanes of at least 4 members (excludes halogenated alkanes) is 31. The van der Waals surface area contributed by atoms with Crippen molar-refractivity contribution in [2.45, 2.75) is 257 Å². The number of carbonyl (C=O) groups excluding carboxylic acids is 1. The van der Waals surface area contributed by atoms with Crippen LogP contribution < -0.4 is 5.32 Å². The molecule has 5 heteroatoms. The van der Waals surface area contributed by atoms with Crippen molar-refractivity contribution in [1.82, 2.24) is 5.32 Å². The smallest absolute Gasteiger partial charge is 0.249 e. The third-order valence-corrected chi connectivity index (χ3v) is 10.5. The van der Waals surface area contributed by atoms with Gasteiger partial charge in [0, 0.05) is 0 Å². The van der Waals surface area contributed by atoms with Gasteiger partial charge in [-0.1, -0.05) is 231 Å². The van der Waals surface area contributed by atoms with E-state index >= 15 is 0 Å². The van der Waals surface area contributed by atoms with Crippen molar-refractivity contribution in [3.63, 3.8) is 0 Å². The van der Waals surface area contributed by atoms with Crippen molar-refractivity contribution in [3.8, 4) is 0 Å². The van der Waals surface area contributed by atoms with Gasteiger partial charge in [0.1, 0.15) is 6.10 Å². The van der Waals surface area contributed by atoms with E-state index in [1.165, 1.54) is 180 Å². The fourth-order valence-electron chi connectivity index (χ4n) is 6.97. The van der Waals surface area contributed by atoms with Crippen LogP contribution in [0.25, 0.3) is 0 Å². The van der Waals surface area contributed by atoms with Crippen LogP contribution in [0.2, 0.25) is 0 Å². The summed E-state index contributed by atoms with van der Waals surface area (Å²) in [6.07, 6.45) is 50.9. The van der Waals surface area contributed by atoms with E-state index in [4.69, 9.17) is 0 Å². The summed E-state index contributed by atoms with van der Waals surface area (Å²) in [7, 11) is 0. The van der Waals surface area contributed by atoms with E-state index in [9.17, 15) is 20.1 Å². The number of carbonyl (C=O) groups is 1. The molecule has 0 saturated carbocycles. The van der Waals surface area contributed by atoms with Gasteiger partial charge in [0.2, 0.25) is 5.91 Å². The number of aliphatic hydroxyl groups excluding tert-OH is 3. The molecule has 0 spiro atoms. The molecule has 0 aliphatic carbocycles. The SMILES string of the molecule is CCCCCCC/C=C/CC/C=C/C(O)C(CO)NC(=O)C(O)CCCCCCCCCCCCCCCCCCCCCCCCCCCC. The Morgan fingerprint density at radius 3 is 1.20 bits per heavy atom. The zero-order chi connectivity index (χ0) is 37.3. The van der Waals surface area contributed by atoms with Crippen molar-refractivity contribution in [2.24, 2.45) is 0 Å². The third-order valence-electron chi connectivity index (χ3n) is 10.5. The third kappa shape index (κ3) is 37.0. The minimum Gasteiger partial charge on any atom is -0.394 e. The highest BCUT2D eigenvalue weighted by atomic mass is 16.3. The molecule has 5 nitrogen and oxygen atoms in total. The van der Waals surface area contributed by atoms with Crippen LogP contribution in [0.1, 0.15) is 239 Å². The van der Waals surface area contributed by atoms with E-state index in [1.807, 2.05) is 6.08 Å². The van der Waals surface area contributed by atoms with Crippen LogP contribution >= 0.6 is 0 Å². The number of amides is 1. The molecule has 0 aromatic carbocycles. The Morgan fingerprint density at radius 2 is 0.804 bits per heavy atom. The van der Waals surface area contributed by atoms with Crippen LogP contribution in [0.15, 0.2) is 24.3 Å². The average molecular weight is 720 g/mol. The number of allylic oxidation sites excluding steroid dienone is 3. The summed E-state index contributed by atoms with van der Waals surface area (Å²) < 4.78 is 0. The molecule has 0 bridgehead atoms. The van der Waals surface area contributed by atoms with E-state index in [1.54, 1.807) is 6.08 Å². The molecule has 0 fully saturated rings. The topological polar surface area (TPSA) is 89.8 Å². The maximum atomic E-state index is 12.4. The molecule has 0 saturated heterocycles. The van der Waals surface area contributed by atoms with Crippen LogP contribution in [-0.2, 0) is 4.79 Å². The summed E-state index contributed by atoms with van der Waals surface area (Å²) in [5, 5.41) is 33.0. The lowest BCUT2D eigenvalue weighted by molar-refractivity contribution is -0.131. The van der Waals surface area contributed by atoms with Gasteiger partial charge in [-0.15, -0.1) is 0 Å². The lowest BCUT2D eigenvalue weighted by Crippen LogP contribution is -2.48. The van der Waals surface area contributed by atoms with Gasteiger partial charge >= 0.3 is 0 Å². The van der Waals surface area contributed by atoms with Crippen LogP contribution in [-0.4, -0.2) is 46.1 Å². The summed E-state index contributed by atoms with van der Waals surface area (Å²) in [5.41, 5.74) is 0. The highest BCUT2D eigenvalue weighted by Crippen LogP contribution is 2.16. The van der Waals surface area contributed by atoms with Crippen molar-refractivity contribution in [2.75, 3.05) is 6.61 Å². The minimum atomic E-state index is -1.10. The number of aliphatic hydroxyl groups is 3. The van der Waals surface area contributed by atoms with Crippen molar-refractivity contribution in [1.29, 1.82) is 0 Å². The van der Waals surface area contributed by atoms with Crippen LogP contribution in [0, 0.1) is 0 Å². The molecular weight excluding hydrogens is 631 g/mol. The van der Waals surface area contributed by atoms with Crippen molar-refractivity contribution in [3.05, 3.63) is 24.3 Å². The molecule has 0 aromatic rings. The van der Waals surface area contributed by atoms with Gasteiger partial charge in [-0.25, -0.2) is 0 Å². The maximum absolute atomic E-state index is 12.4. The lowest BCUT2D eigenvalue weighted by Gasteiger charge is -2.21. The number of hydrogen-bond donors (Lipinski definition) is 4. The summed E-state index contributed by atoms with van der Waals surface area (Å²) >= 11 is 0.